The van der Waals surface area contributed by atoms with E-state index in [1.165, 1.54) is 30.1 Å². The standard InChI is InChI=1S/C23H21IOSe/c1-25-20-14-12-19(13-15-20)23(18-8-4-2-5-9-18)22(24)16-17-26-21-10-6-3-7-11-21/h2-15H,16-17H2,1H3/b23-22-. The van der Waals surface area contributed by atoms with E-state index in [4.69, 9.17) is 4.74 Å². The third-order valence-corrected chi connectivity index (χ3v) is 7.25. The Hall–Kier alpha value is -1.55. The summed E-state index contributed by atoms with van der Waals surface area (Å²) in [7, 11) is 1.71. The fourth-order valence-corrected chi connectivity index (χ4v) is 6.33. The monoisotopic (exact) mass is 520 g/mol. The van der Waals surface area contributed by atoms with Gasteiger partial charge in [-0.15, -0.1) is 0 Å². The molecule has 1 nitrogen and oxygen atoms in total. The molecule has 0 aromatic heterocycles. The van der Waals surface area contributed by atoms with Gasteiger partial charge in [-0.1, -0.05) is 0 Å². The summed E-state index contributed by atoms with van der Waals surface area (Å²) in [6, 6.07) is 29.9. The summed E-state index contributed by atoms with van der Waals surface area (Å²) < 4.78 is 8.19. The molecule has 3 rings (SSSR count). The van der Waals surface area contributed by atoms with Crippen molar-refractivity contribution in [3.8, 4) is 5.75 Å². The molecule has 0 heterocycles. The number of halogens is 1. The van der Waals surface area contributed by atoms with Gasteiger partial charge in [0.25, 0.3) is 0 Å². The van der Waals surface area contributed by atoms with E-state index >= 15 is 0 Å². The normalized spacial score (nSPS) is 11.8. The minimum atomic E-state index is 0.513. The maximum absolute atomic E-state index is 5.31. The van der Waals surface area contributed by atoms with Crippen LogP contribution in [0, 0.1) is 0 Å². The summed E-state index contributed by atoms with van der Waals surface area (Å²) in [5.41, 5.74) is 3.85. The molecule has 0 aliphatic heterocycles. The predicted octanol–water partition coefficient (Wildman–Crippen LogP) is 5.73. The molecule has 0 amide bonds. The van der Waals surface area contributed by atoms with Crippen LogP contribution in [0.15, 0.2) is 88.5 Å². The molecule has 3 heteroatoms. The van der Waals surface area contributed by atoms with Crippen LogP contribution in [0.5, 0.6) is 5.75 Å². The van der Waals surface area contributed by atoms with Crippen LogP contribution in [0.4, 0.5) is 0 Å². The zero-order chi connectivity index (χ0) is 18.2. The molecule has 0 aliphatic rings. The van der Waals surface area contributed by atoms with Crippen molar-refractivity contribution in [2.45, 2.75) is 11.7 Å². The van der Waals surface area contributed by atoms with Gasteiger partial charge in [-0.25, -0.2) is 0 Å². The van der Waals surface area contributed by atoms with Gasteiger partial charge in [0.15, 0.2) is 0 Å². The topological polar surface area (TPSA) is 9.23 Å². The second-order valence-corrected chi connectivity index (χ2v) is 9.54. The number of rotatable bonds is 7. The zero-order valence-corrected chi connectivity index (χ0v) is 18.6. The minimum absolute atomic E-state index is 0.513. The van der Waals surface area contributed by atoms with Gasteiger partial charge in [0.2, 0.25) is 0 Å². The predicted molar refractivity (Wildman–Crippen MR) is 121 cm³/mol. The SMILES string of the molecule is COc1ccc(/C(=C(\I)CC[Se]c2ccccc2)c2ccccc2)cc1. The Morgan fingerprint density at radius 3 is 2.00 bits per heavy atom. The Labute approximate surface area is 175 Å². The summed E-state index contributed by atoms with van der Waals surface area (Å²) in [5.74, 6) is 0.892. The fraction of sp³-hybridized carbons (Fsp3) is 0.130. The number of methoxy groups -OCH3 is 1. The van der Waals surface area contributed by atoms with Crippen molar-refractivity contribution in [3.63, 3.8) is 0 Å². The van der Waals surface area contributed by atoms with Crippen LogP contribution in [-0.2, 0) is 0 Å². The summed E-state index contributed by atoms with van der Waals surface area (Å²) in [4.78, 5) is 0. The van der Waals surface area contributed by atoms with E-state index in [1.54, 1.807) is 7.11 Å². The average molecular weight is 519 g/mol. The third-order valence-electron chi connectivity index (χ3n) is 4.05. The van der Waals surface area contributed by atoms with Gasteiger partial charge in [-0.2, -0.15) is 0 Å². The van der Waals surface area contributed by atoms with Crippen molar-refractivity contribution >= 4 is 47.6 Å². The average Bonchev–Trinajstić information content (AvgIpc) is 2.70. The molecule has 0 radical (unpaired) electrons. The van der Waals surface area contributed by atoms with Crippen LogP contribution in [0.3, 0.4) is 0 Å². The molecular weight excluding hydrogens is 498 g/mol. The molecule has 26 heavy (non-hydrogen) atoms. The summed E-state index contributed by atoms with van der Waals surface area (Å²) >= 11 is 3.04. The van der Waals surface area contributed by atoms with Crippen molar-refractivity contribution in [2.24, 2.45) is 0 Å². The number of allylic oxidation sites excluding steroid dienone is 1. The Bertz CT molecular complexity index is 842. The molecule has 0 N–H and O–H groups in total. The van der Waals surface area contributed by atoms with Crippen LogP contribution < -0.4 is 9.20 Å². The van der Waals surface area contributed by atoms with E-state index in [1.807, 2.05) is 12.1 Å². The quantitative estimate of drug-likeness (QED) is 0.287. The van der Waals surface area contributed by atoms with E-state index in [2.05, 4.69) is 95.4 Å². The number of hydrogen-bond donors (Lipinski definition) is 0. The zero-order valence-electron chi connectivity index (χ0n) is 14.7. The van der Waals surface area contributed by atoms with Gasteiger partial charge in [0.05, 0.1) is 0 Å². The van der Waals surface area contributed by atoms with E-state index < -0.39 is 0 Å². The number of hydrogen-bond acceptors (Lipinski definition) is 1. The summed E-state index contributed by atoms with van der Waals surface area (Å²) in [6.07, 6.45) is 1.10. The Kier molecular flexibility index (Phi) is 7.36. The molecule has 0 saturated carbocycles. The second kappa shape index (κ2) is 9.96. The maximum atomic E-state index is 5.31. The van der Waals surface area contributed by atoms with Gasteiger partial charge in [0, 0.05) is 0 Å². The Morgan fingerprint density at radius 2 is 1.38 bits per heavy atom. The number of ether oxygens (including phenoxy) is 1. The van der Waals surface area contributed by atoms with Gasteiger partial charge in [0.1, 0.15) is 0 Å². The summed E-state index contributed by atoms with van der Waals surface area (Å²) in [6.45, 7) is 0. The van der Waals surface area contributed by atoms with Crippen LogP contribution in [-0.4, -0.2) is 22.1 Å². The first-order valence-electron chi connectivity index (χ1n) is 8.54. The molecule has 132 valence electrons. The molecule has 0 bridgehead atoms. The molecule has 0 fully saturated rings. The van der Waals surface area contributed by atoms with Gasteiger partial charge in [-0.3, -0.25) is 0 Å². The first-order chi connectivity index (χ1) is 12.8. The fourth-order valence-electron chi connectivity index (χ4n) is 2.74. The third kappa shape index (κ3) is 5.23. The first kappa shape index (κ1) is 19.2. The molecule has 0 saturated heterocycles. The summed E-state index contributed by atoms with van der Waals surface area (Å²) in [5, 5.41) is 1.21. The molecule has 3 aromatic carbocycles. The van der Waals surface area contributed by atoms with Crippen molar-refractivity contribution in [2.75, 3.05) is 7.11 Å². The van der Waals surface area contributed by atoms with Gasteiger partial charge in [-0.05, 0) is 0 Å². The molecule has 0 aliphatic carbocycles. The van der Waals surface area contributed by atoms with E-state index in [9.17, 15) is 0 Å². The molecular formula is C23H21IOSe. The second-order valence-electron chi connectivity index (χ2n) is 5.79. The molecule has 3 aromatic rings. The van der Waals surface area contributed by atoms with E-state index in [0.717, 1.165) is 12.2 Å². The molecule has 0 atom stereocenters. The van der Waals surface area contributed by atoms with Crippen LogP contribution in [0.25, 0.3) is 5.57 Å². The van der Waals surface area contributed by atoms with Gasteiger partial charge >= 0.3 is 177 Å². The van der Waals surface area contributed by atoms with E-state index in [0.29, 0.717) is 15.0 Å². The van der Waals surface area contributed by atoms with Crippen molar-refractivity contribution in [1.29, 1.82) is 0 Å². The van der Waals surface area contributed by atoms with Crippen LogP contribution >= 0.6 is 22.6 Å². The van der Waals surface area contributed by atoms with Crippen molar-refractivity contribution < 1.29 is 4.74 Å². The van der Waals surface area contributed by atoms with E-state index in [-0.39, 0.29) is 0 Å². The number of benzene rings is 3. The van der Waals surface area contributed by atoms with Gasteiger partial charge < -0.3 is 0 Å². The van der Waals surface area contributed by atoms with Crippen molar-refractivity contribution in [3.05, 3.63) is 99.6 Å². The Morgan fingerprint density at radius 1 is 0.808 bits per heavy atom. The van der Waals surface area contributed by atoms with Crippen LogP contribution in [0.2, 0.25) is 5.32 Å². The van der Waals surface area contributed by atoms with Crippen LogP contribution in [0.1, 0.15) is 17.5 Å². The Balaban J connectivity index is 1.84. The molecule has 0 unspecified atom stereocenters. The van der Waals surface area contributed by atoms with Crippen molar-refractivity contribution in [1.82, 2.24) is 0 Å². The molecule has 0 spiro atoms. The first-order valence-corrected chi connectivity index (χ1v) is 11.7.